The largest absolute Gasteiger partial charge is 0.497 e. The quantitative estimate of drug-likeness (QED) is 0.908. The molecule has 0 saturated carbocycles. The van der Waals surface area contributed by atoms with Gasteiger partial charge >= 0.3 is 0 Å². The predicted octanol–water partition coefficient (Wildman–Crippen LogP) is 3.33. The maximum Gasteiger partial charge on any atom is 0.227 e. The van der Waals surface area contributed by atoms with Crippen molar-refractivity contribution in [2.45, 2.75) is 33.2 Å². The first kappa shape index (κ1) is 18.3. The lowest BCUT2D eigenvalue weighted by atomic mass is 10.1. The Balaban J connectivity index is 1.67. The molecule has 0 amide bonds. The minimum Gasteiger partial charge on any atom is -0.497 e. The molecule has 2 heterocycles. The van der Waals surface area contributed by atoms with Crippen LogP contribution in [0.4, 0.5) is 17.5 Å². The lowest BCUT2D eigenvalue weighted by molar-refractivity contribution is 0.415. The van der Waals surface area contributed by atoms with Gasteiger partial charge in [0.1, 0.15) is 11.6 Å². The lowest BCUT2D eigenvalue weighted by Crippen LogP contribution is -2.47. The van der Waals surface area contributed by atoms with Crippen molar-refractivity contribution < 1.29 is 4.74 Å². The highest BCUT2D eigenvalue weighted by Gasteiger charge is 2.21. The number of rotatable bonds is 4. The zero-order valence-electron chi connectivity index (χ0n) is 16.4. The normalized spacial score (nSPS) is 15.1. The molecule has 1 aliphatic heterocycles. The second-order valence-corrected chi connectivity index (χ2v) is 7.74. The number of nitrogens with zero attached hydrogens (tertiary/aromatic N) is 4. The van der Waals surface area contributed by atoms with Gasteiger partial charge in [-0.3, -0.25) is 0 Å². The summed E-state index contributed by atoms with van der Waals surface area (Å²) in [5.74, 6) is 2.59. The standard InChI is InChI=1S/C20H29N5O/c1-15-14-18(23-20(2,3)4)22-19(21-15)25-12-10-24(11-13-25)16-6-8-17(26-5)9-7-16/h6-9,14H,10-13H2,1-5H3,(H,21,22,23). The average Bonchev–Trinajstić information content (AvgIpc) is 2.60. The fourth-order valence-electron chi connectivity index (χ4n) is 3.10. The Morgan fingerprint density at radius 2 is 1.58 bits per heavy atom. The molecule has 1 aromatic heterocycles. The second kappa shape index (κ2) is 7.40. The molecule has 6 nitrogen and oxygen atoms in total. The van der Waals surface area contributed by atoms with Crippen LogP contribution >= 0.6 is 0 Å². The average molecular weight is 355 g/mol. The van der Waals surface area contributed by atoms with Crippen molar-refractivity contribution in [1.29, 1.82) is 0 Å². The molecule has 140 valence electrons. The van der Waals surface area contributed by atoms with Gasteiger partial charge in [0.05, 0.1) is 7.11 Å². The highest BCUT2D eigenvalue weighted by molar-refractivity contribution is 5.51. The topological polar surface area (TPSA) is 53.5 Å². The van der Waals surface area contributed by atoms with Crippen LogP contribution in [0.1, 0.15) is 26.5 Å². The van der Waals surface area contributed by atoms with Crippen molar-refractivity contribution in [3.05, 3.63) is 36.0 Å². The van der Waals surface area contributed by atoms with Crippen LogP contribution in [-0.4, -0.2) is 48.8 Å². The Hall–Kier alpha value is -2.50. The van der Waals surface area contributed by atoms with Crippen LogP contribution in [0.2, 0.25) is 0 Å². The molecule has 0 bridgehead atoms. The van der Waals surface area contributed by atoms with E-state index in [1.165, 1.54) is 5.69 Å². The highest BCUT2D eigenvalue weighted by Crippen LogP contribution is 2.23. The van der Waals surface area contributed by atoms with E-state index in [2.05, 4.69) is 53.0 Å². The third-order valence-corrected chi connectivity index (χ3v) is 4.35. The highest BCUT2D eigenvalue weighted by atomic mass is 16.5. The van der Waals surface area contributed by atoms with Crippen LogP contribution in [0.5, 0.6) is 5.75 Å². The van der Waals surface area contributed by atoms with Gasteiger partial charge < -0.3 is 19.9 Å². The summed E-state index contributed by atoms with van der Waals surface area (Å²) in [6.07, 6.45) is 0. The Kier molecular flexibility index (Phi) is 5.20. The van der Waals surface area contributed by atoms with Gasteiger partial charge in [-0.2, -0.15) is 4.98 Å². The first-order valence-electron chi connectivity index (χ1n) is 9.12. The lowest BCUT2D eigenvalue weighted by Gasteiger charge is -2.36. The van der Waals surface area contributed by atoms with Gasteiger partial charge in [-0.15, -0.1) is 0 Å². The first-order valence-corrected chi connectivity index (χ1v) is 9.12. The van der Waals surface area contributed by atoms with E-state index in [9.17, 15) is 0 Å². The summed E-state index contributed by atoms with van der Waals surface area (Å²) >= 11 is 0. The van der Waals surface area contributed by atoms with E-state index in [0.717, 1.165) is 49.4 Å². The number of aromatic nitrogens is 2. The number of piperazine rings is 1. The van der Waals surface area contributed by atoms with Crippen LogP contribution in [0.3, 0.4) is 0 Å². The zero-order chi connectivity index (χ0) is 18.7. The molecule has 0 unspecified atom stereocenters. The number of aryl methyl sites for hydroxylation is 1. The number of methoxy groups -OCH3 is 1. The van der Waals surface area contributed by atoms with Crippen molar-refractivity contribution in [2.24, 2.45) is 0 Å². The molecular weight excluding hydrogens is 326 g/mol. The van der Waals surface area contributed by atoms with Crippen LogP contribution in [0.15, 0.2) is 30.3 Å². The minimum atomic E-state index is -0.0227. The van der Waals surface area contributed by atoms with Crippen LogP contribution in [-0.2, 0) is 0 Å². The van der Waals surface area contributed by atoms with E-state index in [4.69, 9.17) is 9.72 Å². The van der Waals surface area contributed by atoms with E-state index >= 15 is 0 Å². The van der Waals surface area contributed by atoms with Crippen molar-refractivity contribution in [2.75, 3.05) is 48.4 Å². The molecule has 26 heavy (non-hydrogen) atoms. The summed E-state index contributed by atoms with van der Waals surface area (Å²) in [6.45, 7) is 12.1. The van der Waals surface area contributed by atoms with Crippen molar-refractivity contribution >= 4 is 17.5 Å². The molecule has 0 radical (unpaired) electrons. The number of hydrogen-bond donors (Lipinski definition) is 1. The molecule has 1 aliphatic rings. The Labute approximate surface area is 156 Å². The maximum atomic E-state index is 5.24. The summed E-state index contributed by atoms with van der Waals surface area (Å²) in [6, 6.07) is 10.3. The second-order valence-electron chi connectivity index (χ2n) is 7.74. The molecule has 3 rings (SSSR count). The van der Waals surface area contributed by atoms with E-state index < -0.39 is 0 Å². The summed E-state index contributed by atoms with van der Waals surface area (Å²) < 4.78 is 5.24. The molecule has 0 atom stereocenters. The van der Waals surface area contributed by atoms with Gasteiger partial charge in [-0.25, -0.2) is 4.98 Å². The van der Waals surface area contributed by atoms with Gasteiger partial charge in [-0.05, 0) is 52.0 Å². The number of hydrogen-bond acceptors (Lipinski definition) is 6. The predicted molar refractivity (Wildman–Crippen MR) is 108 cm³/mol. The minimum absolute atomic E-state index is 0.0227. The third kappa shape index (κ3) is 4.56. The molecule has 0 spiro atoms. The molecule has 1 saturated heterocycles. The first-order chi connectivity index (χ1) is 12.3. The number of nitrogens with one attached hydrogen (secondary N) is 1. The van der Waals surface area contributed by atoms with Gasteiger partial charge in [0, 0.05) is 49.2 Å². The van der Waals surface area contributed by atoms with Gasteiger partial charge in [-0.1, -0.05) is 0 Å². The summed E-state index contributed by atoms with van der Waals surface area (Å²) in [4.78, 5) is 14.0. The monoisotopic (exact) mass is 355 g/mol. The van der Waals surface area contributed by atoms with Crippen molar-refractivity contribution in [3.63, 3.8) is 0 Å². The maximum absolute atomic E-state index is 5.24. The molecule has 1 N–H and O–H groups in total. The molecule has 2 aromatic rings. The SMILES string of the molecule is COc1ccc(N2CCN(c3nc(C)cc(NC(C)(C)C)n3)CC2)cc1. The third-order valence-electron chi connectivity index (χ3n) is 4.35. The van der Waals surface area contributed by atoms with Crippen molar-refractivity contribution in [3.8, 4) is 5.75 Å². The Morgan fingerprint density at radius 3 is 2.15 bits per heavy atom. The Bertz CT molecular complexity index is 731. The van der Waals surface area contributed by atoms with Crippen LogP contribution < -0.4 is 19.9 Å². The zero-order valence-corrected chi connectivity index (χ0v) is 16.4. The Morgan fingerprint density at radius 1 is 0.962 bits per heavy atom. The van der Waals surface area contributed by atoms with Gasteiger partial charge in [0.15, 0.2) is 0 Å². The van der Waals surface area contributed by atoms with E-state index in [0.29, 0.717) is 0 Å². The fraction of sp³-hybridized carbons (Fsp3) is 0.500. The van der Waals surface area contributed by atoms with Gasteiger partial charge in [0.2, 0.25) is 5.95 Å². The van der Waals surface area contributed by atoms with Crippen LogP contribution in [0, 0.1) is 6.92 Å². The van der Waals surface area contributed by atoms with E-state index in [1.54, 1.807) is 7.11 Å². The van der Waals surface area contributed by atoms with E-state index in [1.807, 2.05) is 25.1 Å². The smallest absolute Gasteiger partial charge is 0.227 e. The molecular formula is C20H29N5O. The van der Waals surface area contributed by atoms with Crippen LogP contribution in [0.25, 0.3) is 0 Å². The number of anilines is 3. The molecule has 1 fully saturated rings. The van der Waals surface area contributed by atoms with Gasteiger partial charge in [0.25, 0.3) is 0 Å². The summed E-state index contributed by atoms with van der Waals surface area (Å²) in [5, 5.41) is 3.45. The fourth-order valence-corrected chi connectivity index (χ4v) is 3.10. The molecule has 6 heteroatoms. The van der Waals surface area contributed by atoms with Crippen molar-refractivity contribution in [1.82, 2.24) is 9.97 Å². The summed E-state index contributed by atoms with van der Waals surface area (Å²) in [5.41, 5.74) is 2.19. The molecule has 0 aliphatic carbocycles. The number of benzene rings is 1. The summed E-state index contributed by atoms with van der Waals surface area (Å²) in [7, 11) is 1.69. The molecule has 1 aromatic carbocycles. The number of ether oxygens (including phenoxy) is 1. The van der Waals surface area contributed by atoms with E-state index in [-0.39, 0.29) is 5.54 Å².